The van der Waals surface area contributed by atoms with E-state index in [9.17, 15) is 4.39 Å². The van der Waals surface area contributed by atoms with Crippen LogP contribution in [0.5, 0.6) is 0 Å². The lowest BCUT2D eigenvalue weighted by molar-refractivity contribution is 0.630. The summed E-state index contributed by atoms with van der Waals surface area (Å²) in [7, 11) is 0. The number of fused-ring (bicyclic) bond motifs is 1. The molecule has 0 aliphatic carbocycles. The minimum atomic E-state index is -0.203. The minimum Gasteiger partial charge on any atom is -0.358 e. The second-order valence-electron chi connectivity index (χ2n) is 3.06. The van der Waals surface area contributed by atoms with Gasteiger partial charge in [-0.05, 0) is 37.2 Å². The summed E-state index contributed by atoms with van der Waals surface area (Å²) < 4.78 is 12.8. The molecule has 0 saturated carbocycles. The fourth-order valence-electron chi connectivity index (χ4n) is 1.45. The largest absolute Gasteiger partial charge is 0.358 e. The van der Waals surface area contributed by atoms with E-state index in [0.29, 0.717) is 6.54 Å². The highest BCUT2D eigenvalue weighted by Gasteiger charge is 2.00. The van der Waals surface area contributed by atoms with Crippen LogP contribution < -0.4 is 5.73 Å². The number of hydrogen-bond donors (Lipinski definition) is 2. The van der Waals surface area contributed by atoms with Gasteiger partial charge in [0, 0.05) is 16.6 Å². The third-order valence-corrected chi connectivity index (χ3v) is 2.05. The van der Waals surface area contributed by atoms with Gasteiger partial charge in [0.2, 0.25) is 0 Å². The number of nitrogens with two attached hydrogens (primary N) is 1. The van der Waals surface area contributed by atoms with Crippen LogP contribution in [0.3, 0.4) is 0 Å². The van der Waals surface area contributed by atoms with Crippen molar-refractivity contribution in [1.29, 1.82) is 0 Å². The maximum Gasteiger partial charge on any atom is 0.123 e. The molecule has 0 saturated heterocycles. The van der Waals surface area contributed by atoms with Gasteiger partial charge < -0.3 is 10.7 Å². The molecule has 0 amide bonds. The van der Waals surface area contributed by atoms with Gasteiger partial charge in [-0.3, -0.25) is 0 Å². The smallest absolute Gasteiger partial charge is 0.123 e. The number of hydrogen-bond acceptors (Lipinski definition) is 1. The van der Waals surface area contributed by atoms with E-state index in [1.807, 2.05) is 6.07 Å². The number of rotatable bonds is 2. The van der Waals surface area contributed by atoms with Gasteiger partial charge in [-0.2, -0.15) is 0 Å². The Bertz CT molecular complexity index is 420. The van der Waals surface area contributed by atoms with Gasteiger partial charge in [0.05, 0.1) is 0 Å². The zero-order chi connectivity index (χ0) is 9.26. The Balaban J connectivity index is 2.49. The average molecular weight is 178 g/mol. The molecule has 2 rings (SSSR count). The number of aromatic nitrogens is 1. The number of halogens is 1. The maximum absolute atomic E-state index is 12.8. The van der Waals surface area contributed by atoms with Crippen molar-refractivity contribution in [3.8, 4) is 0 Å². The van der Waals surface area contributed by atoms with E-state index in [4.69, 9.17) is 5.73 Å². The maximum atomic E-state index is 12.8. The summed E-state index contributed by atoms with van der Waals surface area (Å²) >= 11 is 0. The molecule has 2 nitrogen and oxygen atoms in total. The van der Waals surface area contributed by atoms with E-state index in [-0.39, 0.29) is 5.82 Å². The summed E-state index contributed by atoms with van der Waals surface area (Å²) in [5, 5.41) is 0.906. The predicted octanol–water partition coefficient (Wildman–Crippen LogP) is 1.81. The van der Waals surface area contributed by atoms with Crippen molar-refractivity contribution in [3.63, 3.8) is 0 Å². The van der Waals surface area contributed by atoms with Gasteiger partial charge in [0.15, 0.2) is 0 Å². The van der Waals surface area contributed by atoms with E-state index < -0.39 is 0 Å². The van der Waals surface area contributed by atoms with E-state index in [2.05, 4.69) is 4.98 Å². The summed E-state index contributed by atoms with van der Waals surface area (Å²) in [5.74, 6) is -0.203. The molecule has 3 heteroatoms. The van der Waals surface area contributed by atoms with E-state index in [0.717, 1.165) is 23.0 Å². The molecule has 1 heterocycles. The molecular weight excluding hydrogens is 167 g/mol. The Morgan fingerprint density at radius 3 is 2.92 bits per heavy atom. The third-order valence-electron chi connectivity index (χ3n) is 2.05. The van der Waals surface area contributed by atoms with Crippen LogP contribution in [0.4, 0.5) is 4.39 Å². The number of aromatic amines is 1. The van der Waals surface area contributed by atoms with Gasteiger partial charge in [-0.25, -0.2) is 4.39 Å². The average Bonchev–Trinajstić information content (AvgIpc) is 2.46. The second kappa shape index (κ2) is 3.18. The van der Waals surface area contributed by atoms with Gasteiger partial charge in [-0.1, -0.05) is 0 Å². The molecule has 0 fully saturated rings. The zero-order valence-electron chi connectivity index (χ0n) is 7.18. The van der Waals surface area contributed by atoms with Crippen LogP contribution in [-0.2, 0) is 6.42 Å². The molecule has 68 valence electrons. The molecule has 0 unspecified atom stereocenters. The molecule has 0 aliphatic heterocycles. The highest BCUT2D eigenvalue weighted by molar-refractivity contribution is 5.80. The first kappa shape index (κ1) is 8.26. The summed E-state index contributed by atoms with van der Waals surface area (Å²) in [6, 6.07) is 6.65. The Hall–Kier alpha value is -1.35. The number of benzene rings is 1. The number of nitrogens with one attached hydrogen (secondary N) is 1. The van der Waals surface area contributed by atoms with Crippen molar-refractivity contribution < 1.29 is 4.39 Å². The fourth-order valence-corrected chi connectivity index (χ4v) is 1.45. The SMILES string of the molecule is NCCc1cc2cc(F)ccc2[nH]1. The van der Waals surface area contributed by atoms with Gasteiger partial charge >= 0.3 is 0 Å². The van der Waals surface area contributed by atoms with Crippen LogP contribution in [0.1, 0.15) is 5.69 Å². The van der Waals surface area contributed by atoms with Crippen LogP contribution in [0.15, 0.2) is 24.3 Å². The standard InChI is InChI=1S/C10H11FN2/c11-8-1-2-10-7(5-8)6-9(13-10)3-4-12/h1-2,5-6,13H,3-4,12H2. The van der Waals surface area contributed by atoms with Crippen molar-refractivity contribution in [1.82, 2.24) is 4.98 Å². The molecule has 1 aromatic carbocycles. The van der Waals surface area contributed by atoms with Crippen molar-refractivity contribution in [2.24, 2.45) is 5.73 Å². The monoisotopic (exact) mass is 178 g/mol. The fraction of sp³-hybridized carbons (Fsp3) is 0.200. The lowest BCUT2D eigenvalue weighted by Crippen LogP contribution is -2.02. The molecule has 2 aromatic rings. The molecule has 0 bridgehead atoms. The van der Waals surface area contributed by atoms with Crippen LogP contribution in [0.2, 0.25) is 0 Å². The first-order chi connectivity index (χ1) is 6.29. The summed E-state index contributed by atoms with van der Waals surface area (Å²) in [4.78, 5) is 3.18. The molecule has 1 aromatic heterocycles. The molecular formula is C10H11FN2. The Morgan fingerprint density at radius 1 is 1.31 bits per heavy atom. The first-order valence-electron chi connectivity index (χ1n) is 4.27. The lowest BCUT2D eigenvalue weighted by Gasteiger charge is -1.89. The van der Waals surface area contributed by atoms with Crippen molar-refractivity contribution in [2.45, 2.75) is 6.42 Å². The van der Waals surface area contributed by atoms with Crippen LogP contribution in [0, 0.1) is 5.82 Å². The summed E-state index contributed by atoms with van der Waals surface area (Å²) in [5.41, 5.74) is 7.44. The zero-order valence-corrected chi connectivity index (χ0v) is 7.18. The highest BCUT2D eigenvalue weighted by atomic mass is 19.1. The normalized spacial score (nSPS) is 10.9. The number of H-pyrrole nitrogens is 1. The topological polar surface area (TPSA) is 41.8 Å². The lowest BCUT2D eigenvalue weighted by atomic mass is 10.2. The van der Waals surface area contributed by atoms with E-state index >= 15 is 0 Å². The summed E-state index contributed by atoms with van der Waals surface area (Å²) in [6.45, 7) is 0.606. The molecule has 0 spiro atoms. The molecule has 0 atom stereocenters. The Kier molecular flexibility index (Phi) is 2.02. The Morgan fingerprint density at radius 2 is 2.15 bits per heavy atom. The van der Waals surface area contributed by atoms with Crippen LogP contribution in [-0.4, -0.2) is 11.5 Å². The molecule has 0 radical (unpaired) electrons. The first-order valence-corrected chi connectivity index (χ1v) is 4.27. The van der Waals surface area contributed by atoms with Crippen molar-refractivity contribution in [3.05, 3.63) is 35.8 Å². The van der Waals surface area contributed by atoms with Gasteiger partial charge in [0.1, 0.15) is 5.82 Å². The Labute approximate surface area is 75.6 Å². The van der Waals surface area contributed by atoms with Crippen molar-refractivity contribution >= 4 is 10.9 Å². The van der Waals surface area contributed by atoms with E-state index in [1.165, 1.54) is 12.1 Å². The summed E-state index contributed by atoms with van der Waals surface area (Å²) in [6.07, 6.45) is 0.802. The molecule has 0 aliphatic rings. The van der Waals surface area contributed by atoms with Gasteiger partial charge in [0.25, 0.3) is 0 Å². The van der Waals surface area contributed by atoms with Crippen LogP contribution >= 0.6 is 0 Å². The molecule has 3 N–H and O–H groups in total. The van der Waals surface area contributed by atoms with E-state index in [1.54, 1.807) is 6.07 Å². The molecule has 13 heavy (non-hydrogen) atoms. The second-order valence-corrected chi connectivity index (χ2v) is 3.06. The van der Waals surface area contributed by atoms with Crippen LogP contribution in [0.25, 0.3) is 10.9 Å². The highest BCUT2D eigenvalue weighted by Crippen LogP contribution is 2.16. The van der Waals surface area contributed by atoms with Gasteiger partial charge in [-0.15, -0.1) is 0 Å². The quantitative estimate of drug-likeness (QED) is 0.723. The minimum absolute atomic E-state index is 0.203. The third kappa shape index (κ3) is 1.55. The predicted molar refractivity (Wildman–Crippen MR) is 51.0 cm³/mol. The van der Waals surface area contributed by atoms with Crippen molar-refractivity contribution in [2.75, 3.05) is 6.54 Å².